The molecule has 1 atom stereocenters. The zero-order chi connectivity index (χ0) is 25.1. The normalized spacial score (nSPS) is 16.2. The first-order valence-corrected chi connectivity index (χ1v) is 13.1. The van der Waals surface area contributed by atoms with Gasteiger partial charge in [0, 0.05) is 30.9 Å². The van der Waals surface area contributed by atoms with E-state index in [1.54, 1.807) is 10.9 Å². The maximum absolute atomic E-state index is 6.35. The standard InChI is InChI=1S/C28H32N6OS/c1-19-9-7-10-20(2)27(19)24-16-26(31-28(30-24)32-36-23-17-29-34(4)18-23)35-22-12-8-11-21(15-22)25-13-5-6-14-33(25)3/h7-12,15-18,25H,5-6,13-14H2,1-4H3,(H,30,31,32). The maximum atomic E-state index is 6.35. The van der Waals surface area contributed by atoms with E-state index >= 15 is 0 Å². The van der Waals surface area contributed by atoms with Crippen molar-refractivity contribution in [3.63, 3.8) is 0 Å². The molecule has 0 aliphatic carbocycles. The lowest BCUT2D eigenvalue weighted by atomic mass is 9.96. The van der Waals surface area contributed by atoms with E-state index in [2.05, 4.69) is 77.0 Å². The molecular weight excluding hydrogens is 468 g/mol. The SMILES string of the molecule is Cc1cccc(C)c1-c1cc(Oc2cccc(C3CCCCN3C)c2)nc(NSc2cnn(C)c2)n1. The van der Waals surface area contributed by atoms with Crippen molar-refractivity contribution in [2.24, 2.45) is 7.05 Å². The van der Waals surface area contributed by atoms with Crippen LogP contribution in [0.2, 0.25) is 0 Å². The maximum Gasteiger partial charge on any atom is 0.237 e. The Labute approximate surface area is 217 Å². The van der Waals surface area contributed by atoms with Crippen LogP contribution in [0.3, 0.4) is 0 Å². The highest BCUT2D eigenvalue weighted by atomic mass is 32.2. The van der Waals surface area contributed by atoms with Crippen molar-refractivity contribution in [1.29, 1.82) is 0 Å². The molecule has 0 saturated carbocycles. The monoisotopic (exact) mass is 500 g/mol. The Morgan fingerprint density at radius 2 is 1.81 bits per heavy atom. The van der Waals surface area contributed by atoms with Gasteiger partial charge in [0.2, 0.25) is 11.8 Å². The Bertz CT molecular complexity index is 1330. The second-order valence-electron chi connectivity index (χ2n) is 9.40. The first kappa shape index (κ1) is 24.3. The fourth-order valence-corrected chi connectivity index (χ4v) is 5.43. The Morgan fingerprint density at radius 1 is 1.00 bits per heavy atom. The van der Waals surface area contributed by atoms with Crippen molar-refractivity contribution in [2.75, 3.05) is 18.3 Å². The van der Waals surface area contributed by atoms with E-state index in [9.17, 15) is 0 Å². The number of aryl methyl sites for hydroxylation is 3. The van der Waals surface area contributed by atoms with Crippen molar-refractivity contribution >= 4 is 17.9 Å². The number of likely N-dealkylation sites (tertiary alicyclic amines) is 1. The minimum atomic E-state index is 0.422. The molecule has 1 fully saturated rings. The second-order valence-corrected chi connectivity index (χ2v) is 10.3. The zero-order valence-electron chi connectivity index (χ0n) is 21.2. The van der Waals surface area contributed by atoms with Gasteiger partial charge >= 0.3 is 0 Å². The third-order valence-electron chi connectivity index (χ3n) is 6.62. The third kappa shape index (κ3) is 5.55. The molecule has 7 nitrogen and oxygen atoms in total. The van der Waals surface area contributed by atoms with Crippen LogP contribution in [0.25, 0.3) is 11.3 Å². The highest BCUT2D eigenvalue weighted by Crippen LogP contribution is 2.34. The lowest BCUT2D eigenvalue weighted by molar-refractivity contribution is 0.187. The Balaban J connectivity index is 1.46. The Morgan fingerprint density at radius 3 is 2.56 bits per heavy atom. The lowest BCUT2D eigenvalue weighted by Gasteiger charge is -2.32. The number of anilines is 1. The van der Waals surface area contributed by atoms with Gasteiger partial charge in [-0.2, -0.15) is 10.1 Å². The fraction of sp³-hybridized carbons (Fsp3) is 0.321. The summed E-state index contributed by atoms with van der Waals surface area (Å²) in [5, 5.41) is 4.23. The van der Waals surface area contributed by atoms with Gasteiger partial charge in [0.25, 0.3) is 0 Å². The summed E-state index contributed by atoms with van der Waals surface area (Å²) in [6.07, 6.45) is 7.44. The predicted octanol–water partition coefficient (Wildman–Crippen LogP) is 6.56. The largest absolute Gasteiger partial charge is 0.439 e. The summed E-state index contributed by atoms with van der Waals surface area (Å²) in [4.78, 5) is 12.9. The number of nitrogens with zero attached hydrogens (tertiary/aromatic N) is 5. The first-order valence-electron chi connectivity index (χ1n) is 12.3. The number of piperidine rings is 1. The molecule has 1 aliphatic rings. The van der Waals surface area contributed by atoms with E-state index in [4.69, 9.17) is 9.72 Å². The molecule has 0 radical (unpaired) electrons. The van der Waals surface area contributed by atoms with Crippen LogP contribution >= 0.6 is 11.9 Å². The number of ether oxygens (including phenoxy) is 1. The number of hydrogen-bond donors (Lipinski definition) is 1. The van der Waals surface area contributed by atoms with Crippen LogP contribution in [0.5, 0.6) is 11.6 Å². The van der Waals surface area contributed by atoms with Gasteiger partial charge in [-0.3, -0.25) is 14.3 Å². The molecule has 1 N–H and O–H groups in total. The van der Waals surface area contributed by atoms with Crippen LogP contribution < -0.4 is 9.46 Å². The number of hydrogen-bond acceptors (Lipinski definition) is 7. The number of rotatable bonds is 7. The highest BCUT2D eigenvalue weighted by molar-refractivity contribution is 8.00. The van der Waals surface area contributed by atoms with E-state index in [0.29, 0.717) is 17.9 Å². The average Bonchev–Trinajstić information content (AvgIpc) is 3.28. The molecule has 3 heterocycles. The van der Waals surface area contributed by atoms with E-state index in [1.807, 2.05) is 25.4 Å². The van der Waals surface area contributed by atoms with Gasteiger partial charge in [-0.1, -0.05) is 36.8 Å². The van der Waals surface area contributed by atoms with E-state index < -0.39 is 0 Å². The molecule has 0 spiro atoms. The topological polar surface area (TPSA) is 68.1 Å². The van der Waals surface area contributed by atoms with Crippen molar-refractivity contribution in [3.05, 3.63) is 77.6 Å². The van der Waals surface area contributed by atoms with Gasteiger partial charge < -0.3 is 4.74 Å². The van der Waals surface area contributed by atoms with E-state index in [-0.39, 0.29) is 0 Å². The summed E-state index contributed by atoms with van der Waals surface area (Å²) < 4.78 is 11.4. The summed E-state index contributed by atoms with van der Waals surface area (Å²) >= 11 is 1.42. The van der Waals surface area contributed by atoms with Gasteiger partial charge in [0.15, 0.2) is 0 Å². The molecule has 2 aromatic carbocycles. The van der Waals surface area contributed by atoms with Gasteiger partial charge in [-0.25, -0.2) is 4.98 Å². The quantitative estimate of drug-likeness (QED) is 0.288. The highest BCUT2D eigenvalue weighted by Gasteiger charge is 2.21. The van der Waals surface area contributed by atoms with Crippen molar-refractivity contribution < 1.29 is 4.74 Å². The molecule has 0 bridgehead atoms. The van der Waals surface area contributed by atoms with Gasteiger partial charge in [0.05, 0.1) is 16.8 Å². The van der Waals surface area contributed by atoms with Crippen LogP contribution in [0.15, 0.2) is 65.8 Å². The molecule has 2 aromatic heterocycles. The van der Waals surface area contributed by atoms with Gasteiger partial charge in [-0.05, 0) is 81.1 Å². The summed E-state index contributed by atoms with van der Waals surface area (Å²) in [6, 6.07) is 17.0. The molecular formula is C28H32N6OS. The number of benzene rings is 2. The summed E-state index contributed by atoms with van der Waals surface area (Å²) in [5.41, 5.74) is 5.52. The summed E-state index contributed by atoms with van der Waals surface area (Å²) in [6.45, 7) is 5.34. The first-order chi connectivity index (χ1) is 17.5. The Kier molecular flexibility index (Phi) is 7.25. The molecule has 0 amide bonds. The zero-order valence-corrected chi connectivity index (χ0v) is 22.0. The lowest BCUT2D eigenvalue weighted by Crippen LogP contribution is -2.29. The summed E-state index contributed by atoms with van der Waals surface area (Å²) in [5.74, 6) is 1.77. The Hall–Kier alpha value is -3.36. The summed E-state index contributed by atoms with van der Waals surface area (Å²) in [7, 11) is 4.10. The molecule has 36 heavy (non-hydrogen) atoms. The van der Waals surface area contributed by atoms with Crippen molar-refractivity contribution in [1.82, 2.24) is 24.6 Å². The van der Waals surface area contributed by atoms with Gasteiger partial charge in [0.1, 0.15) is 5.75 Å². The van der Waals surface area contributed by atoms with Crippen molar-refractivity contribution in [2.45, 2.75) is 44.0 Å². The molecule has 8 heteroatoms. The van der Waals surface area contributed by atoms with Crippen LogP contribution in [0.4, 0.5) is 5.95 Å². The number of nitrogens with one attached hydrogen (secondary N) is 1. The van der Waals surface area contributed by atoms with Crippen LogP contribution in [0.1, 0.15) is 42.0 Å². The predicted molar refractivity (Wildman–Crippen MR) is 145 cm³/mol. The number of aromatic nitrogens is 4. The minimum Gasteiger partial charge on any atom is -0.439 e. The molecule has 186 valence electrons. The molecule has 1 saturated heterocycles. The van der Waals surface area contributed by atoms with E-state index in [0.717, 1.165) is 39.6 Å². The van der Waals surface area contributed by atoms with E-state index in [1.165, 1.54) is 36.8 Å². The smallest absolute Gasteiger partial charge is 0.237 e. The van der Waals surface area contributed by atoms with Crippen LogP contribution in [-0.2, 0) is 7.05 Å². The average molecular weight is 501 g/mol. The van der Waals surface area contributed by atoms with Crippen LogP contribution in [0, 0.1) is 13.8 Å². The van der Waals surface area contributed by atoms with Gasteiger partial charge in [-0.15, -0.1) is 0 Å². The van der Waals surface area contributed by atoms with Crippen LogP contribution in [-0.4, -0.2) is 38.2 Å². The molecule has 4 aromatic rings. The third-order valence-corrected chi connectivity index (χ3v) is 7.35. The molecule has 1 unspecified atom stereocenters. The second kappa shape index (κ2) is 10.7. The fourth-order valence-electron chi connectivity index (χ4n) is 4.83. The minimum absolute atomic E-state index is 0.422. The molecule has 1 aliphatic heterocycles. The van der Waals surface area contributed by atoms with Crippen molar-refractivity contribution in [3.8, 4) is 22.9 Å². The molecule has 5 rings (SSSR count).